The first-order chi connectivity index (χ1) is 11.4. The number of carbonyl (C=O) groups is 2. The summed E-state index contributed by atoms with van der Waals surface area (Å²) in [6.45, 7) is 2.69. The van der Waals surface area contributed by atoms with Gasteiger partial charge in [0.25, 0.3) is 5.91 Å². The largest absolute Gasteiger partial charge is 0.379 e. The summed E-state index contributed by atoms with van der Waals surface area (Å²) in [5.74, 6) is -0.379. The molecule has 1 N–H and O–H groups in total. The van der Waals surface area contributed by atoms with Gasteiger partial charge in [-0.05, 0) is 25.0 Å². The molecule has 1 saturated heterocycles. The van der Waals surface area contributed by atoms with Crippen LogP contribution in [0.2, 0.25) is 5.02 Å². The molecule has 132 valence electrons. The second-order valence-electron chi connectivity index (χ2n) is 6.02. The maximum absolute atomic E-state index is 12.5. The SMILES string of the molecule is Cc1cccc(C(=O)N[C@@H]2CCOC[C@H]2OCC(=O)N(C)C)c1Cl. The van der Waals surface area contributed by atoms with E-state index in [0.29, 0.717) is 30.2 Å². The summed E-state index contributed by atoms with van der Waals surface area (Å²) in [5.41, 5.74) is 1.28. The zero-order valence-electron chi connectivity index (χ0n) is 14.2. The average molecular weight is 355 g/mol. The number of amides is 2. The molecular formula is C17H23ClN2O4. The third-order valence-corrected chi connectivity index (χ3v) is 4.48. The molecule has 1 aliphatic heterocycles. The summed E-state index contributed by atoms with van der Waals surface area (Å²) in [7, 11) is 3.34. The van der Waals surface area contributed by atoms with Gasteiger partial charge < -0.3 is 19.7 Å². The minimum atomic E-state index is -0.366. The Hall–Kier alpha value is -1.63. The van der Waals surface area contributed by atoms with Gasteiger partial charge in [-0.15, -0.1) is 0 Å². The number of likely N-dealkylation sites (N-methyl/N-ethyl adjacent to an activating group) is 1. The van der Waals surface area contributed by atoms with Crippen molar-refractivity contribution in [3.05, 3.63) is 34.3 Å². The summed E-state index contributed by atoms with van der Waals surface area (Å²) in [4.78, 5) is 25.6. The predicted molar refractivity (Wildman–Crippen MR) is 91.3 cm³/mol. The molecule has 2 rings (SSSR count). The Balaban J connectivity index is 2.01. The van der Waals surface area contributed by atoms with E-state index in [4.69, 9.17) is 21.1 Å². The minimum Gasteiger partial charge on any atom is -0.379 e. The molecule has 0 unspecified atom stereocenters. The van der Waals surface area contributed by atoms with Gasteiger partial charge in [0.1, 0.15) is 12.7 Å². The van der Waals surface area contributed by atoms with Crippen LogP contribution in [-0.4, -0.2) is 62.8 Å². The number of nitrogens with one attached hydrogen (secondary N) is 1. The lowest BCUT2D eigenvalue weighted by molar-refractivity contribution is -0.140. The fourth-order valence-corrected chi connectivity index (χ4v) is 2.63. The highest BCUT2D eigenvalue weighted by atomic mass is 35.5. The molecule has 6 nitrogen and oxygen atoms in total. The molecule has 2 amide bonds. The summed E-state index contributed by atoms with van der Waals surface area (Å²) in [6.07, 6.45) is 0.255. The zero-order valence-corrected chi connectivity index (χ0v) is 14.9. The van der Waals surface area contributed by atoms with E-state index in [1.165, 1.54) is 4.90 Å². The summed E-state index contributed by atoms with van der Waals surface area (Å²) in [6, 6.07) is 5.11. The van der Waals surface area contributed by atoms with E-state index >= 15 is 0 Å². The molecule has 0 bridgehead atoms. The van der Waals surface area contributed by atoms with Crippen molar-refractivity contribution in [2.45, 2.75) is 25.5 Å². The molecule has 0 aliphatic carbocycles. The highest BCUT2D eigenvalue weighted by Gasteiger charge is 2.29. The third-order valence-electron chi connectivity index (χ3n) is 3.98. The van der Waals surface area contributed by atoms with Crippen LogP contribution in [0.25, 0.3) is 0 Å². The molecular weight excluding hydrogens is 332 g/mol. The van der Waals surface area contributed by atoms with E-state index in [0.717, 1.165) is 5.56 Å². The molecule has 1 aromatic rings. The van der Waals surface area contributed by atoms with Crippen LogP contribution in [0.1, 0.15) is 22.3 Å². The van der Waals surface area contributed by atoms with Gasteiger partial charge in [-0.3, -0.25) is 9.59 Å². The van der Waals surface area contributed by atoms with E-state index < -0.39 is 0 Å². The molecule has 7 heteroatoms. The van der Waals surface area contributed by atoms with E-state index in [1.54, 1.807) is 26.2 Å². The van der Waals surface area contributed by atoms with Crippen molar-refractivity contribution in [1.82, 2.24) is 10.2 Å². The highest BCUT2D eigenvalue weighted by molar-refractivity contribution is 6.34. The van der Waals surface area contributed by atoms with Crippen molar-refractivity contribution in [3.8, 4) is 0 Å². The van der Waals surface area contributed by atoms with Gasteiger partial charge >= 0.3 is 0 Å². The van der Waals surface area contributed by atoms with Crippen LogP contribution >= 0.6 is 11.6 Å². The molecule has 2 atom stereocenters. The Bertz CT molecular complexity index is 606. The normalized spacial score (nSPS) is 20.5. The number of ether oxygens (including phenoxy) is 2. The standard InChI is InChI=1S/C17H23ClN2O4/c1-11-5-4-6-12(16(11)18)17(22)19-13-7-8-23-9-14(13)24-10-15(21)20(2)3/h4-6,13-14H,7-10H2,1-3H3,(H,19,22)/t13-,14-/m1/s1. The Morgan fingerprint density at radius 1 is 1.42 bits per heavy atom. The van der Waals surface area contributed by atoms with Gasteiger partial charge in [-0.25, -0.2) is 0 Å². The van der Waals surface area contributed by atoms with E-state index in [1.807, 2.05) is 13.0 Å². The Morgan fingerprint density at radius 3 is 2.88 bits per heavy atom. The predicted octanol–water partition coefficient (Wildman–Crippen LogP) is 1.64. The first-order valence-corrected chi connectivity index (χ1v) is 8.23. The third kappa shape index (κ3) is 4.69. The van der Waals surface area contributed by atoms with Gasteiger partial charge in [0, 0.05) is 20.7 Å². The smallest absolute Gasteiger partial charge is 0.253 e. The molecule has 0 saturated carbocycles. The van der Waals surface area contributed by atoms with E-state index in [9.17, 15) is 9.59 Å². The highest BCUT2D eigenvalue weighted by Crippen LogP contribution is 2.21. The first-order valence-electron chi connectivity index (χ1n) is 7.85. The van der Waals surface area contributed by atoms with Crippen molar-refractivity contribution in [3.63, 3.8) is 0 Å². The van der Waals surface area contributed by atoms with Gasteiger partial charge in [0.2, 0.25) is 5.91 Å². The van der Waals surface area contributed by atoms with Crippen LogP contribution in [0.5, 0.6) is 0 Å². The Morgan fingerprint density at radius 2 is 2.17 bits per heavy atom. The maximum atomic E-state index is 12.5. The number of carbonyl (C=O) groups excluding carboxylic acids is 2. The van der Waals surface area contributed by atoms with Crippen LogP contribution in [-0.2, 0) is 14.3 Å². The summed E-state index contributed by atoms with van der Waals surface area (Å²) < 4.78 is 11.1. The summed E-state index contributed by atoms with van der Waals surface area (Å²) >= 11 is 6.21. The van der Waals surface area contributed by atoms with Gasteiger partial charge in [-0.1, -0.05) is 23.7 Å². The molecule has 1 aliphatic rings. The quantitative estimate of drug-likeness (QED) is 0.872. The number of benzene rings is 1. The number of aryl methyl sites for hydroxylation is 1. The van der Waals surface area contributed by atoms with E-state index in [2.05, 4.69) is 5.32 Å². The van der Waals surface area contributed by atoms with Gasteiger partial charge in [-0.2, -0.15) is 0 Å². The van der Waals surface area contributed by atoms with Crippen molar-refractivity contribution < 1.29 is 19.1 Å². The van der Waals surface area contributed by atoms with Crippen molar-refractivity contribution in [2.24, 2.45) is 0 Å². The van der Waals surface area contributed by atoms with Crippen LogP contribution in [0, 0.1) is 6.92 Å². The average Bonchev–Trinajstić information content (AvgIpc) is 2.56. The zero-order chi connectivity index (χ0) is 17.7. The van der Waals surface area contributed by atoms with Crippen LogP contribution < -0.4 is 5.32 Å². The van der Waals surface area contributed by atoms with Crippen LogP contribution in [0.3, 0.4) is 0 Å². The van der Waals surface area contributed by atoms with Crippen molar-refractivity contribution in [1.29, 1.82) is 0 Å². The van der Waals surface area contributed by atoms with Crippen molar-refractivity contribution in [2.75, 3.05) is 33.9 Å². The fraction of sp³-hybridized carbons (Fsp3) is 0.529. The topological polar surface area (TPSA) is 67.9 Å². The molecule has 0 radical (unpaired) electrons. The molecule has 24 heavy (non-hydrogen) atoms. The number of hydrogen-bond donors (Lipinski definition) is 1. The van der Waals surface area contributed by atoms with Gasteiger partial charge in [0.05, 0.1) is 23.2 Å². The molecule has 1 heterocycles. The van der Waals surface area contributed by atoms with Crippen LogP contribution in [0.15, 0.2) is 18.2 Å². The maximum Gasteiger partial charge on any atom is 0.253 e. The monoisotopic (exact) mass is 354 g/mol. The number of nitrogens with zero attached hydrogens (tertiary/aromatic N) is 1. The summed E-state index contributed by atoms with van der Waals surface area (Å²) in [5, 5.41) is 3.40. The van der Waals surface area contributed by atoms with Crippen molar-refractivity contribution >= 4 is 23.4 Å². The lowest BCUT2D eigenvalue weighted by atomic mass is 10.0. The molecule has 1 aromatic carbocycles. The molecule has 0 aromatic heterocycles. The lowest BCUT2D eigenvalue weighted by Gasteiger charge is -2.32. The fourth-order valence-electron chi connectivity index (χ4n) is 2.42. The first kappa shape index (κ1) is 18.7. The molecule has 1 fully saturated rings. The number of rotatable bonds is 5. The van der Waals surface area contributed by atoms with Crippen LogP contribution in [0.4, 0.5) is 0 Å². The second-order valence-corrected chi connectivity index (χ2v) is 6.40. The number of halogens is 1. The Labute approximate surface area is 147 Å². The molecule has 0 spiro atoms. The minimum absolute atomic E-state index is 0.0431. The van der Waals surface area contributed by atoms with Gasteiger partial charge in [0.15, 0.2) is 0 Å². The van der Waals surface area contributed by atoms with E-state index in [-0.39, 0.29) is 30.6 Å². The second kappa shape index (κ2) is 8.46. The Kier molecular flexibility index (Phi) is 6.60. The lowest BCUT2D eigenvalue weighted by Crippen LogP contribution is -2.50. The number of hydrogen-bond acceptors (Lipinski definition) is 4.